The fourth-order valence-electron chi connectivity index (χ4n) is 1.98. The Hall–Kier alpha value is -2.21. The molecule has 7 heteroatoms. The first-order valence-corrected chi connectivity index (χ1v) is 7.95. The summed E-state index contributed by atoms with van der Waals surface area (Å²) in [5, 5.41) is 2.43. The Bertz CT molecular complexity index is 760. The van der Waals surface area contributed by atoms with Crippen LogP contribution in [0.2, 0.25) is 5.02 Å². The molecule has 1 N–H and O–H groups in total. The van der Waals surface area contributed by atoms with Gasteiger partial charge in [-0.05, 0) is 42.3 Å². The molecule has 0 atom stereocenters. The van der Waals surface area contributed by atoms with Crippen LogP contribution < -0.4 is 10.1 Å². The van der Waals surface area contributed by atoms with Gasteiger partial charge >= 0.3 is 6.18 Å². The number of hydrogen-bond acceptors (Lipinski definition) is 2. The van der Waals surface area contributed by atoms with Crippen LogP contribution in [-0.4, -0.2) is 12.5 Å². The Kier molecular flexibility index (Phi) is 5.95. The van der Waals surface area contributed by atoms with Crippen LogP contribution in [0.5, 0.6) is 5.75 Å². The number of alkyl halides is 3. The van der Waals surface area contributed by atoms with Crippen LogP contribution in [0.15, 0.2) is 42.5 Å². The summed E-state index contributed by atoms with van der Waals surface area (Å²) >= 11 is 5.89. The van der Waals surface area contributed by atoms with Crippen molar-refractivity contribution in [3.05, 3.63) is 58.6 Å². The maximum absolute atomic E-state index is 12.8. The van der Waals surface area contributed by atoms with E-state index in [1.54, 1.807) is 18.2 Å². The molecule has 0 aliphatic rings. The Morgan fingerprint density at radius 3 is 2.56 bits per heavy atom. The third kappa shape index (κ3) is 5.39. The molecule has 0 saturated heterocycles. The first-order valence-electron chi connectivity index (χ1n) is 7.58. The van der Waals surface area contributed by atoms with Gasteiger partial charge in [0.05, 0.1) is 22.9 Å². The maximum Gasteiger partial charge on any atom is 0.416 e. The summed E-state index contributed by atoms with van der Waals surface area (Å²) in [6.45, 7) is 4.48. The Balaban J connectivity index is 2.18. The highest BCUT2D eigenvalue weighted by molar-refractivity contribution is 6.34. The lowest BCUT2D eigenvalue weighted by atomic mass is 10.1. The van der Waals surface area contributed by atoms with Gasteiger partial charge in [-0.1, -0.05) is 31.5 Å². The predicted molar refractivity (Wildman–Crippen MR) is 91.2 cm³/mol. The van der Waals surface area contributed by atoms with Crippen LogP contribution in [0.1, 0.15) is 29.8 Å². The summed E-state index contributed by atoms with van der Waals surface area (Å²) < 4.78 is 43.9. The zero-order chi connectivity index (χ0) is 18.6. The largest absolute Gasteiger partial charge is 0.493 e. The molecule has 0 unspecified atom stereocenters. The molecule has 0 bridgehead atoms. The summed E-state index contributed by atoms with van der Waals surface area (Å²) in [5.41, 5.74) is -0.731. The van der Waals surface area contributed by atoms with Crippen LogP contribution in [0.3, 0.4) is 0 Å². The van der Waals surface area contributed by atoms with E-state index in [-0.39, 0.29) is 16.3 Å². The highest BCUT2D eigenvalue weighted by Gasteiger charge is 2.31. The minimum atomic E-state index is -4.52. The van der Waals surface area contributed by atoms with E-state index in [4.69, 9.17) is 16.3 Å². The Morgan fingerprint density at radius 2 is 1.92 bits per heavy atom. The molecule has 0 aliphatic heterocycles. The summed E-state index contributed by atoms with van der Waals surface area (Å²) in [6.07, 6.45) is -4.52. The first kappa shape index (κ1) is 19.1. The van der Waals surface area contributed by atoms with Gasteiger partial charge in [0.15, 0.2) is 0 Å². The standard InChI is InChI=1S/C18H17ClF3NO2/c1-11(2)10-25-14-5-3-4-12(8-14)17(24)23-16-9-13(18(20,21)22)6-7-15(16)19/h3-9,11H,10H2,1-2H3,(H,23,24). The fraction of sp³-hybridized carbons (Fsp3) is 0.278. The van der Waals surface area contributed by atoms with Crippen molar-refractivity contribution in [1.29, 1.82) is 0 Å². The van der Waals surface area contributed by atoms with E-state index in [9.17, 15) is 18.0 Å². The topological polar surface area (TPSA) is 38.3 Å². The summed E-state index contributed by atoms with van der Waals surface area (Å²) in [7, 11) is 0. The molecule has 0 heterocycles. The molecule has 0 aliphatic carbocycles. The lowest BCUT2D eigenvalue weighted by molar-refractivity contribution is -0.137. The number of benzene rings is 2. The van der Waals surface area contributed by atoms with E-state index in [2.05, 4.69) is 5.32 Å². The van der Waals surface area contributed by atoms with Crippen molar-refractivity contribution in [1.82, 2.24) is 0 Å². The minimum absolute atomic E-state index is 0.0218. The van der Waals surface area contributed by atoms with Crippen LogP contribution in [0, 0.1) is 5.92 Å². The van der Waals surface area contributed by atoms with Crippen molar-refractivity contribution in [3.8, 4) is 5.75 Å². The van der Waals surface area contributed by atoms with Crippen LogP contribution in [0.25, 0.3) is 0 Å². The van der Waals surface area contributed by atoms with Gasteiger partial charge in [0.2, 0.25) is 0 Å². The molecule has 0 aromatic heterocycles. The second-order valence-electron chi connectivity index (χ2n) is 5.88. The number of anilines is 1. The summed E-state index contributed by atoms with van der Waals surface area (Å²) in [6, 6.07) is 9.17. The van der Waals surface area contributed by atoms with Gasteiger partial charge in [0.25, 0.3) is 5.91 Å². The van der Waals surface area contributed by atoms with E-state index in [1.807, 2.05) is 13.8 Å². The molecule has 2 rings (SSSR count). The molecule has 134 valence electrons. The zero-order valence-electron chi connectivity index (χ0n) is 13.7. The lowest BCUT2D eigenvalue weighted by Crippen LogP contribution is -2.14. The number of carbonyl (C=O) groups is 1. The molecular formula is C18H17ClF3NO2. The van der Waals surface area contributed by atoms with E-state index in [0.717, 1.165) is 18.2 Å². The fourth-order valence-corrected chi connectivity index (χ4v) is 2.15. The minimum Gasteiger partial charge on any atom is -0.493 e. The van der Waals surface area contributed by atoms with Gasteiger partial charge in [-0.2, -0.15) is 13.2 Å². The highest BCUT2D eigenvalue weighted by Crippen LogP contribution is 2.34. The maximum atomic E-state index is 12.8. The second kappa shape index (κ2) is 7.78. The molecule has 0 saturated carbocycles. The van der Waals surface area contributed by atoms with E-state index in [0.29, 0.717) is 18.3 Å². The van der Waals surface area contributed by atoms with Crippen molar-refractivity contribution in [2.75, 3.05) is 11.9 Å². The molecule has 2 aromatic carbocycles. The quantitative estimate of drug-likeness (QED) is 0.738. The Labute approximate surface area is 148 Å². The van der Waals surface area contributed by atoms with Crippen molar-refractivity contribution in [3.63, 3.8) is 0 Å². The van der Waals surface area contributed by atoms with Crippen LogP contribution >= 0.6 is 11.6 Å². The van der Waals surface area contributed by atoms with Gasteiger partial charge < -0.3 is 10.1 Å². The van der Waals surface area contributed by atoms with Gasteiger partial charge in [-0.15, -0.1) is 0 Å². The van der Waals surface area contributed by atoms with Gasteiger partial charge in [-0.25, -0.2) is 0 Å². The van der Waals surface area contributed by atoms with E-state index >= 15 is 0 Å². The number of ether oxygens (including phenoxy) is 1. The average molecular weight is 372 g/mol. The number of amides is 1. The summed E-state index contributed by atoms with van der Waals surface area (Å²) in [5.74, 6) is 0.258. The van der Waals surface area contributed by atoms with Crippen molar-refractivity contribution in [2.45, 2.75) is 20.0 Å². The van der Waals surface area contributed by atoms with E-state index in [1.165, 1.54) is 6.07 Å². The first-order chi connectivity index (χ1) is 11.7. The third-order valence-corrected chi connectivity index (χ3v) is 3.55. The molecule has 25 heavy (non-hydrogen) atoms. The molecule has 1 amide bonds. The Morgan fingerprint density at radius 1 is 1.20 bits per heavy atom. The molecule has 0 radical (unpaired) electrons. The third-order valence-electron chi connectivity index (χ3n) is 3.22. The lowest BCUT2D eigenvalue weighted by Gasteiger charge is -2.13. The van der Waals surface area contributed by atoms with Crippen LogP contribution in [-0.2, 0) is 6.18 Å². The van der Waals surface area contributed by atoms with Crippen molar-refractivity contribution >= 4 is 23.2 Å². The molecular weight excluding hydrogens is 355 g/mol. The number of carbonyl (C=O) groups excluding carboxylic acids is 1. The molecule has 0 spiro atoms. The smallest absolute Gasteiger partial charge is 0.416 e. The monoisotopic (exact) mass is 371 g/mol. The van der Waals surface area contributed by atoms with E-state index < -0.39 is 17.6 Å². The zero-order valence-corrected chi connectivity index (χ0v) is 14.4. The van der Waals surface area contributed by atoms with Gasteiger partial charge in [-0.3, -0.25) is 4.79 Å². The van der Waals surface area contributed by atoms with Gasteiger partial charge in [0.1, 0.15) is 5.75 Å². The number of halogens is 4. The highest BCUT2D eigenvalue weighted by atomic mass is 35.5. The van der Waals surface area contributed by atoms with Gasteiger partial charge in [0, 0.05) is 5.56 Å². The molecule has 3 nitrogen and oxygen atoms in total. The van der Waals surface area contributed by atoms with Crippen LogP contribution in [0.4, 0.5) is 18.9 Å². The SMILES string of the molecule is CC(C)COc1cccc(C(=O)Nc2cc(C(F)(F)F)ccc2Cl)c1. The number of rotatable bonds is 5. The van der Waals surface area contributed by atoms with Crippen molar-refractivity contribution in [2.24, 2.45) is 5.92 Å². The molecule has 0 fully saturated rings. The average Bonchev–Trinajstić information content (AvgIpc) is 2.54. The van der Waals surface area contributed by atoms with Crippen molar-refractivity contribution < 1.29 is 22.7 Å². The second-order valence-corrected chi connectivity index (χ2v) is 6.29. The normalized spacial score (nSPS) is 11.5. The number of hydrogen-bond donors (Lipinski definition) is 1. The predicted octanol–water partition coefficient (Wildman–Crippen LogP) is 5.65. The molecule has 2 aromatic rings. The number of nitrogens with one attached hydrogen (secondary N) is 1. The summed E-state index contributed by atoms with van der Waals surface area (Å²) in [4.78, 5) is 12.3.